The van der Waals surface area contributed by atoms with E-state index >= 15 is 0 Å². The van der Waals surface area contributed by atoms with Crippen LogP contribution in [0.3, 0.4) is 0 Å². The quantitative estimate of drug-likeness (QED) is 0.591. The van der Waals surface area contributed by atoms with Gasteiger partial charge in [-0.25, -0.2) is 0 Å². The van der Waals surface area contributed by atoms with Crippen LogP contribution >= 0.6 is 0 Å². The first-order valence-electron chi connectivity index (χ1n) is 4.43. The van der Waals surface area contributed by atoms with E-state index in [1.165, 1.54) is 22.3 Å². The molecule has 0 saturated heterocycles. The van der Waals surface area contributed by atoms with Crippen molar-refractivity contribution < 1.29 is 0 Å². The normalized spacial score (nSPS) is 10.8. The van der Waals surface area contributed by atoms with Crippen LogP contribution in [0.15, 0.2) is 12.1 Å². The topological polar surface area (TPSA) is 0 Å². The van der Waals surface area contributed by atoms with Gasteiger partial charge in [0.1, 0.15) is 0 Å². The zero-order valence-electron chi connectivity index (χ0n) is 8.44. The first-order chi connectivity index (χ1) is 5.52. The van der Waals surface area contributed by atoms with E-state index in [-0.39, 0.29) is 0 Å². The lowest BCUT2D eigenvalue weighted by Gasteiger charge is -2.13. The molecule has 0 saturated carbocycles. The maximum Gasteiger partial charge on any atom is -0.0187 e. The minimum Gasteiger partial charge on any atom is -0.0584 e. The molecule has 1 radical (unpaired) electrons. The van der Waals surface area contributed by atoms with Gasteiger partial charge in [0, 0.05) is 0 Å². The fraction of sp³-hybridized carbons (Fsp3) is 0.417. The van der Waals surface area contributed by atoms with Crippen molar-refractivity contribution in [3.8, 4) is 0 Å². The molecule has 1 rings (SSSR count). The molecule has 0 heterocycles. The van der Waals surface area contributed by atoms with Gasteiger partial charge in [0.05, 0.1) is 0 Å². The van der Waals surface area contributed by atoms with E-state index in [4.69, 9.17) is 0 Å². The molecular formula is C12H17. The summed E-state index contributed by atoms with van der Waals surface area (Å²) < 4.78 is 0. The van der Waals surface area contributed by atoms with E-state index in [0.717, 1.165) is 0 Å². The van der Waals surface area contributed by atoms with Gasteiger partial charge in [-0.1, -0.05) is 24.6 Å². The van der Waals surface area contributed by atoms with E-state index in [9.17, 15) is 0 Å². The Hall–Kier alpha value is -0.780. The maximum atomic E-state index is 4.05. The van der Waals surface area contributed by atoms with Gasteiger partial charge in [-0.05, 0) is 50.3 Å². The summed E-state index contributed by atoms with van der Waals surface area (Å²) in [7, 11) is 0. The highest BCUT2D eigenvalue weighted by molar-refractivity contribution is 5.39. The van der Waals surface area contributed by atoms with Crippen LogP contribution in [-0.4, -0.2) is 0 Å². The molecule has 1 atom stereocenters. The van der Waals surface area contributed by atoms with Gasteiger partial charge in [-0.15, -0.1) is 0 Å². The second-order valence-corrected chi connectivity index (χ2v) is 3.70. The molecule has 0 spiro atoms. The molecule has 0 fully saturated rings. The van der Waals surface area contributed by atoms with Gasteiger partial charge in [0.25, 0.3) is 0 Å². The highest BCUT2D eigenvalue weighted by atomic mass is 14.1. The monoisotopic (exact) mass is 161 g/mol. The molecule has 0 heteroatoms. The first kappa shape index (κ1) is 9.31. The Labute approximate surface area is 75.6 Å². The Kier molecular flexibility index (Phi) is 2.56. The lowest BCUT2D eigenvalue weighted by Crippen LogP contribution is -1.95. The molecule has 1 aromatic rings. The van der Waals surface area contributed by atoms with E-state index in [1.807, 2.05) is 0 Å². The molecule has 1 aromatic carbocycles. The van der Waals surface area contributed by atoms with E-state index in [0.29, 0.717) is 5.92 Å². The van der Waals surface area contributed by atoms with Crippen molar-refractivity contribution in [3.05, 3.63) is 41.3 Å². The number of benzene rings is 1. The van der Waals surface area contributed by atoms with Crippen LogP contribution < -0.4 is 0 Å². The van der Waals surface area contributed by atoms with Gasteiger partial charge in [0.2, 0.25) is 0 Å². The van der Waals surface area contributed by atoms with Crippen molar-refractivity contribution in [2.75, 3.05) is 0 Å². The van der Waals surface area contributed by atoms with Crippen LogP contribution in [0, 0.1) is 27.7 Å². The first-order valence-corrected chi connectivity index (χ1v) is 4.43. The predicted octanol–water partition coefficient (Wildman–Crippen LogP) is 3.55. The van der Waals surface area contributed by atoms with Crippen molar-refractivity contribution in [1.82, 2.24) is 0 Å². The van der Waals surface area contributed by atoms with Gasteiger partial charge >= 0.3 is 0 Å². The lowest BCUT2D eigenvalue weighted by atomic mass is 9.93. The van der Waals surface area contributed by atoms with Crippen molar-refractivity contribution in [2.24, 2.45) is 0 Å². The molecule has 65 valence electrons. The molecule has 0 bridgehead atoms. The van der Waals surface area contributed by atoms with E-state index in [1.54, 1.807) is 0 Å². The fourth-order valence-electron chi connectivity index (χ4n) is 1.58. The summed E-state index contributed by atoms with van der Waals surface area (Å²) in [5.41, 5.74) is 5.49. The Balaban J connectivity index is 3.28. The third kappa shape index (κ3) is 1.69. The summed E-state index contributed by atoms with van der Waals surface area (Å²) in [4.78, 5) is 0. The van der Waals surface area contributed by atoms with Crippen molar-refractivity contribution in [1.29, 1.82) is 0 Å². The summed E-state index contributed by atoms with van der Waals surface area (Å²) in [5, 5.41) is 0. The number of aryl methyl sites for hydroxylation is 2. The number of hydrogen-bond acceptors (Lipinski definition) is 0. The summed E-state index contributed by atoms with van der Waals surface area (Å²) in [5.74, 6) is 0.392. The number of hydrogen-bond donors (Lipinski definition) is 0. The minimum atomic E-state index is 0.392. The standard InChI is InChI=1S/C12H17/c1-8(2)12-7-9(3)6-10(4)11(12)5/h6-8H,1H2,2-5H3. The van der Waals surface area contributed by atoms with Gasteiger partial charge in [-0.2, -0.15) is 0 Å². The third-order valence-electron chi connectivity index (χ3n) is 2.38. The largest absolute Gasteiger partial charge is 0.0584 e. The highest BCUT2D eigenvalue weighted by Crippen LogP contribution is 2.22. The molecule has 0 aliphatic rings. The SMILES string of the molecule is [CH2]C(C)c1cc(C)cc(C)c1C. The van der Waals surface area contributed by atoms with Crippen molar-refractivity contribution >= 4 is 0 Å². The molecule has 0 nitrogen and oxygen atoms in total. The summed E-state index contributed by atoms with van der Waals surface area (Å²) in [6, 6.07) is 4.46. The van der Waals surface area contributed by atoms with Crippen LogP contribution in [0.25, 0.3) is 0 Å². The second-order valence-electron chi connectivity index (χ2n) is 3.70. The average Bonchev–Trinajstić information content (AvgIpc) is 1.96. The smallest absolute Gasteiger partial charge is 0.0187 e. The molecular weight excluding hydrogens is 144 g/mol. The maximum absolute atomic E-state index is 4.05. The van der Waals surface area contributed by atoms with Crippen molar-refractivity contribution in [2.45, 2.75) is 33.6 Å². The highest BCUT2D eigenvalue weighted by Gasteiger charge is 2.05. The van der Waals surface area contributed by atoms with Gasteiger partial charge < -0.3 is 0 Å². The lowest BCUT2D eigenvalue weighted by molar-refractivity contribution is 0.940. The van der Waals surface area contributed by atoms with E-state index in [2.05, 4.69) is 46.8 Å². The van der Waals surface area contributed by atoms with Crippen LogP contribution in [0.5, 0.6) is 0 Å². The Morgan fingerprint density at radius 3 is 2.25 bits per heavy atom. The van der Waals surface area contributed by atoms with Crippen LogP contribution in [0.4, 0.5) is 0 Å². The molecule has 0 N–H and O–H groups in total. The summed E-state index contributed by atoms with van der Waals surface area (Å²) in [6.45, 7) is 12.7. The summed E-state index contributed by atoms with van der Waals surface area (Å²) >= 11 is 0. The third-order valence-corrected chi connectivity index (χ3v) is 2.38. The average molecular weight is 161 g/mol. The second kappa shape index (κ2) is 3.30. The van der Waals surface area contributed by atoms with Gasteiger partial charge in [-0.3, -0.25) is 0 Å². The minimum absolute atomic E-state index is 0.392. The van der Waals surface area contributed by atoms with Crippen LogP contribution in [0.2, 0.25) is 0 Å². The predicted molar refractivity (Wildman–Crippen MR) is 54.4 cm³/mol. The zero-order valence-corrected chi connectivity index (χ0v) is 8.44. The van der Waals surface area contributed by atoms with Crippen LogP contribution in [-0.2, 0) is 0 Å². The fourth-order valence-corrected chi connectivity index (χ4v) is 1.58. The Bertz CT molecular complexity index is 282. The molecule has 1 unspecified atom stereocenters. The molecule has 0 amide bonds. The zero-order chi connectivity index (χ0) is 9.30. The Morgan fingerprint density at radius 1 is 1.17 bits per heavy atom. The van der Waals surface area contributed by atoms with E-state index < -0.39 is 0 Å². The van der Waals surface area contributed by atoms with Gasteiger partial charge in [0.15, 0.2) is 0 Å². The number of rotatable bonds is 1. The molecule has 0 aliphatic carbocycles. The van der Waals surface area contributed by atoms with Crippen molar-refractivity contribution in [3.63, 3.8) is 0 Å². The molecule has 0 aromatic heterocycles. The Morgan fingerprint density at radius 2 is 1.75 bits per heavy atom. The molecule has 12 heavy (non-hydrogen) atoms. The summed E-state index contributed by atoms with van der Waals surface area (Å²) in [6.07, 6.45) is 0. The van der Waals surface area contributed by atoms with Crippen LogP contribution in [0.1, 0.15) is 35.1 Å². The molecule has 0 aliphatic heterocycles.